The van der Waals surface area contributed by atoms with Crippen molar-refractivity contribution >= 4 is 33.0 Å². The van der Waals surface area contributed by atoms with Gasteiger partial charge in [0.1, 0.15) is 0 Å². The van der Waals surface area contributed by atoms with E-state index in [0.717, 1.165) is 55.6 Å². The number of hydrogen-bond donors (Lipinski definition) is 0. The second kappa shape index (κ2) is 5.11. The number of nitrogens with zero attached hydrogens (tertiary/aromatic N) is 6. The molecule has 4 heterocycles. The second-order valence-corrected chi connectivity index (χ2v) is 6.69. The van der Waals surface area contributed by atoms with E-state index < -0.39 is 0 Å². The minimum absolute atomic E-state index is 0.850. The van der Waals surface area contributed by atoms with E-state index in [1.165, 1.54) is 0 Å². The van der Waals surface area contributed by atoms with Gasteiger partial charge in [-0.25, -0.2) is 9.97 Å². The number of fused-ring (bicyclic) bond motifs is 3. The Bertz CT molecular complexity index is 1260. The topological polar surface area (TPSA) is 61.4 Å². The van der Waals surface area contributed by atoms with Crippen LogP contribution in [0.3, 0.4) is 0 Å². The number of pyridine rings is 2. The Hall–Kier alpha value is -3.28. The summed E-state index contributed by atoms with van der Waals surface area (Å²) in [6.45, 7) is 4.04. The molecule has 5 rings (SSSR count). The SMILES string of the molecule is Cc1nn(C)c2nc3c(c(C)nn3C)c(-c3ccc4ccccc4n3)c12. The average molecular weight is 342 g/mol. The Morgan fingerprint density at radius 2 is 1.35 bits per heavy atom. The second-order valence-electron chi connectivity index (χ2n) is 6.69. The third-order valence-electron chi connectivity index (χ3n) is 4.95. The number of aryl methyl sites for hydroxylation is 4. The normalized spacial score (nSPS) is 11.8. The van der Waals surface area contributed by atoms with Crippen LogP contribution in [-0.2, 0) is 14.1 Å². The molecular weight excluding hydrogens is 324 g/mol. The molecule has 1 aromatic carbocycles. The summed E-state index contributed by atoms with van der Waals surface area (Å²) < 4.78 is 3.66. The van der Waals surface area contributed by atoms with Crippen molar-refractivity contribution in [3.63, 3.8) is 0 Å². The van der Waals surface area contributed by atoms with Crippen molar-refractivity contribution in [3.8, 4) is 11.3 Å². The monoisotopic (exact) mass is 342 g/mol. The standard InChI is InChI=1S/C20H18N6/c1-11-16-18(15-10-9-13-7-5-6-8-14(13)21-15)17-12(2)24-26(4)20(17)22-19(16)25(3)23-11/h5-10H,1-4H3. The first-order valence-corrected chi connectivity index (χ1v) is 8.57. The first-order valence-electron chi connectivity index (χ1n) is 8.57. The highest BCUT2D eigenvalue weighted by Gasteiger charge is 2.22. The van der Waals surface area contributed by atoms with Crippen LogP contribution in [-0.4, -0.2) is 29.5 Å². The van der Waals surface area contributed by atoms with Crippen molar-refractivity contribution in [3.05, 3.63) is 47.8 Å². The van der Waals surface area contributed by atoms with Gasteiger partial charge in [-0.2, -0.15) is 10.2 Å². The van der Waals surface area contributed by atoms with Crippen molar-refractivity contribution in [2.45, 2.75) is 13.8 Å². The van der Waals surface area contributed by atoms with Crippen LogP contribution in [0, 0.1) is 13.8 Å². The summed E-state index contributed by atoms with van der Waals surface area (Å²) in [6, 6.07) is 12.4. The van der Waals surface area contributed by atoms with Crippen LogP contribution in [0.4, 0.5) is 0 Å². The predicted molar refractivity (Wildman–Crippen MR) is 103 cm³/mol. The van der Waals surface area contributed by atoms with E-state index in [2.05, 4.69) is 28.4 Å². The molecule has 128 valence electrons. The molecule has 0 saturated heterocycles. The molecule has 26 heavy (non-hydrogen) atoms. The van der Waals surface area contributed by atoms with Crippen molar-refractivity contribution in [1.82, 2.24) is 29.5 Å². The maximum absolute atomic E-state index is 4.94. The number of aromatic nitrogens is 6. The van der Waals surface area contributed by atoms with Gasteiger partial charge >= 0.3 is 0 Å². The molecule has 0 saturated carbocycles. The minimum Gasteiger partial charge on any atom is -0.250 e. The highest BCUT2D eigenvalue weighted by Crippen LogP contribution is 2.37. The molecule has 6 nitrogen and oxygen atoms in total. The van der Waals surface area contributed by atoms with Crippen molar-refractivity contribution in [2.24, 2.45) is 14.1 Å². The van der Waals surface area contributed by atoms with E-state index in [1.807, 2.05) is 55.5 Å². The molecule has 0 aliphatic rings. The molecule has 0 fully saturated rings. The van der Waals surface area contributed by atoms with Crippen molar-refractivity contribution < 1.29 is 0 Å². The number of para-hydroxylation sites is 1. The van der Waals surface area contributed by atoms with Gasteiger partial charge in [-0.3, -0.25) is 9.36 Å². The molecular formula is C20H18N6. The highest BCUT2D eigenvalue weighted by molar-refractivity contribution is 6.09. The maximum atomic E-state index is 4.94. The summed E-state index contributed by atoms with van der Waals surface area (Å²) in [5.41, 5.74) is 6.56. The summed E-state index contributed by atoms with van der Waals surface area (Å²) in [4.78, 5) is 9.78. The maximum Gasteiger partial charge on any atom is 0.160 e. The average Bonchev–Trinajstić information content (AvgIpc) is 3.09. The minimum atomic E-state index is 0.850. The molecule has 0 aliphatic heterocycles. The lowest BCUT2D eigenvalue weighted by atomic mass is 10.0. The summed E-state index contributed by atoms with van der Waals surface area (Å²) in [5, 5.41) is 12.4. The van der Waals surface area contributed by atoms with E-state index in [1.54, 1.807) is 0 Å². The van der Waals surface area contributed by atoms with Gasteiger partial charge in [0.05, 0.1) is 33.4 Å². The Labute approximate surface area is 150 Å². The zero-order valence-electron chi connectivity index (χ0n) is 15.1. The first kappa shape index (κ1) is 15.0. The third kappa shape index (κ3) is 1.92. The van der Waals surface area contributed by atoms with Gasteiger partial charge < -0.3 is 0 Å². The molecule has 0 amide bonds. The quantitative estimate of drug-likeness (QED) is 0.466. The first-order chi connectivity index (χ1) is 12.5. The van der Waals surface area contributed by atoms with E-state index in [-0.39, 0.29) is 0 Å². The largest absolute Gasteiger partial charge is 0.250 e. The molecule has 0 spiro atoms. The van der Waals surface area contributed by atoms with Gasteiger partial charge in [0.15, 0.2) is 11.3 Å². The predicted octanol–water partition coefficient (Wildman–Crippen LogP) is 3.69. The molecule has 6 heteroatoms. The fraction of sp³-hybridized carbons (Fsp3) is 0.200. The molecule has 0 bridgehead atoms. The molecule has 0 unspecified atom stereocenters. The molecule has 0 aliphatic carbocycles. The zero-order valence-corrected chi connectivity index (χ0v) is 15.1. The fourth-order valence-electron chi connectivity index (χ4n) is 3.82. The van der Waals surface area contributed by atoms with Crippen LogP contribution in [0.2, 0.25) is 0 Å². The van der Waals surface area contributed by atoms with Gasteiger partial charge in [0.25, 0.3) is 0 Å². The van der Waals surface area contributed by atoms with E-state index in [4.69, 9.17) is 9.97 Å². The highest BCUT2D eigenvalue weighted by atomic mass is 15.3. The zero-order chi connectivity index (χ0) is 18.0. The van der Waals surface area contributed by atoms with Crippen LogP contribution in [0.1, 0.15) is 11.4 Å². The molecule has 0 atom stereocenters. The lowest BCUT2D eigenvalue weighted by Gasteiger charge is -2.08. The summed E-state index contributed by atoms with van der Waals surface area (Å²) >= 11 is 0. The Morgan fingerprint density at radius 1 is 0.731 bits per heavy atom. The molecule has 4 aromatic heterocycles. The van der Waals surface area contributed by atoms with Crippen molar-refractivity contribution in [2.75, 3.05) is 0 Å². The van der Waals surface area contributed by atoms with Crippen LogP contribution < -0.4 is 0 Å². The van der Waals surface area contributed by atoms with E-state index >= 15 is 0 Å². The van der Waals surface area contributed by atoms with Crippen molar-refractivity contribution in [1.29, 1.82) is 0 Å². The fourth-order valence-corrected chi connectivity index (χ4v) is 3.82. The van der Waals surface area contributed by atoms with Crippen LogP contribution >= 0.6 is 0 Å². The smallest absolute Gasteiger partial charge is 0.160 e. The Kier molecular flexibility index (Phi) is 2.95. The Balaban J connectivity index is 2.00. The molecule has 0 radical (unpaired) electrons. The molecule has 0 N–H and O–H groups in total. The number of rotatable bonds is 1. The van der Waals surface area contributed by atoms with Gasteiger partial charge in [-0.1, -0.05) is 24.3 Å². The van der Waals surface area contributed by atoms with Gasteiger partial charge in [-0.05, 0) is 26.0 Å². The molecule has 5 aromatic rings. The summed E-state index contributed by atoms with van der Waals surface area (Å²) in [6.07, 6.45) is 0. The lowest BCUT2D eigenvalue weighted by molar-refractivity contribution is 0.760. The van der Waals surface area contributed by atoms with Crippen LogP contribution in [0.25, 0.3) is 44.2 Å². The van der Waals surface area contributed by atoms with E-state index in [9.17, 15) is 0 Å². The van der Waals surface area contributed by atoms with Crippen LogP contribution in [0.15, 0.2) is 36.4 Å². The summed E-state index contributed by atoms with van der Waals surface area (Å²) in [5.74, 6) is 0. The lowest BCUT2D eigenvalue weighted by Crippen LogP contribution is -1.97. The van der Waals surface area contributed by atoms with Crippen LogP contribution in [0.5, 0.6) is 0 Å². The van der Waals surface area contributed by atoms with Gasteiger partial charge in [0.2, 0.25) is 0 Å². The number of hydrogen-bond acceptors (Lipinski definition) is 4. The van der Waals surface area contributed by atoms with Gasteiger partial charge in [0, 0.05) is 25.0 Å². The third-order valence-corrected chi connectivity index (χ3v) is 4.95. The van der Waals surface area contributed by atoms with Gasteiger partial charge in [-0.15, -0.1) is 0 Å². The Morgan fingerprint density at radius 3 is 2.00 bits per heavy atom. The van der Waals surface area contributed by atoms with E-state index in [0.29, 0.717) is 0 Å². The number of benzene rings is 1. The summed E-state index contributed by atoms with van der Waals surface area (Å²) in [7, 11) is 3.85.